The number of likely N-dealkylation sites (N-methyl/N-ethyl adjacent to an activating group) is 2. The number of esters is 4. The molecular weight excluding hydrogens is 921 g/mol. The molecule has 2 aromatic rings. The van der Waals surface area contributed by atoms with Crippen molar-refractivity contribution in [1.82, 2.24) is 10.2 Å². The minimum Gasteiger partial charge on any atom is -0.481 e. The van der Waals surface area contributed by atoms with Crippen molar-refractivity contribution in [2.75, 3.05) is 28.3 Å². The predicted octanol–water partition coefficient (Wildman–Crippen LogP) is 10.5. The van der Waals surface area contributed by atoms with E-state index in [9.17, 15) is 28.8 Å². The summed E-state index contributed by atoms with van der Waals surface area (Å²) in [6, 6.07) is 18.6. The number of carboxylic acid groups (broad SMARTS) is 1. The highest BCUT2D eigenvalue weighted by Crippen LogP contribution is 2.28. The van der Waals surface area contributed by atoms with E-state index < -0.39 is 47.0 Å². The lowest BCUT2D eigenvalue weighted by Crippen LogP contribution is -2.52. The van der Waals surface area contributed by atoms with E-state index in [1.54, 1.807) is 40.0 Å². The summed E-state index contributed by atoms with van der Waals surface area (Å²) in [5.41, 5.74) is 0.738. The fourth-order valence-electron chi connectivity index (χ4n) is 7.70. The summed E-state index contributed by atoms with van der Waals surface area (Å²) in [5, 5.41) is 12.2. The molecule has 0 aliphatic rings. The number of aliphatic carboxylic acids is 1. The Morgan fingerprint density at radius 2 is 0.958 bits per heavy atom. The van der Waals surface area contributed by atoms with Crippen LogP contribution in [0.4, 0.5) is 0 Å². The molecule has 15 nitrogen and oxygen atoms in total. The first-order chi connectivity index (χ1) is 33.0. The van der Waals surface area contributed by atoms with Crippen molar-refractivity contribution in [3.8, 4) is 0 Å². The largest absolute Gasteiger partial charge is 0.481 e. The fourth-order valence-corrected chi connectivity index (χ4v) is 7.70. The maximum absolute atomic E-state index is 13.6. The molecule has 0 bridgehead atoms. The van der Waals surface area contributed by atoms with Gasteiger partial charge in [0.15, 0.2) is 0 Å². The number of ether oxygens (including phenoxy) is 6. The molecule has 0 aliphatic heterocycles. The van der Waals surface area contributed by atoms with Gasteiger partial charge in [-0.25, -0.2) is 0 Å². The molecule has 15 heteroatoms. The van der Waals surface area contributed by atoms with Gasteiger partial charge in [-0.1, -0.05) is 136 Å². The molecule has 2 aromatic carbocycles. The number of benzene rings is 2. The molecule has 0 aromatic heterocycles. The Bertz CT molecular complexity index is 1840. The molecule has 0 radical (unpaired) electrons. The SMILES string of the molecule is C.CC(C)[C@H](CC(=O)OCc1ccccc1)C(=O)O.CC[C@H](C)[C@@H]([C@@H](CC(=O)OC(C)(C)C)OC)N(C)C(=O)[C@@H](CC(=O)OCc1ccccc1)C(C)C.CC[C@H](C)[C@H](NC)[C@@H](CC(=O)OC(C)(C)C)OC. The van der Waals surface area contributed by atoms with Crippen LogP contribution in [0.2, 0.25) is 0 Å². The predicted molar refractivity (Wildman–Crippen MR) is 284 cm³/mol. The first-order valence-electron chi connectivity index (χ1n) is 25.1. The molecule has 2 rings (SSSR count). The summed E-state index contributed by atoms with van der Waals surface area (Å²) >= 11 is 0. The van der Waals surface area contributed by atoms with Gasteiger partial charge in [0.25, 0.3) is 0 Å². The van der Waals surface area contributed by atoms with Crippen LogP contribution in [0, 0.1) is 35.5 Å². The van der Waals surface area contributed by atoms with Crippen LogP contribution >= 0.6 is 0 Å². The van der Waals surface area contributed by atoms with E-state index >= 15 is 0 Å². The summed E-state index contributed by atoms with van der Waals surface area (Å²) in [6.45, 7) is 27.2. The lowest BCUT2D eigenvalue weighted by molar-refractivity contribution is -0.161. The Balaban J connectivity index is 0. The van der Waals surface area contributed by atoms with Gasteiger partial charge in [0.2, 0.25) is 5.91 Å². The molecule has 0 saturated carbocycles. The van der Waals surface area contributed by atoms with Gasteiger partial charge in [0.05, 0.1) is 55.8 Å². The zero-order chi connectivity index (χ0) is 54.6. The highest BCUT2D eigenvalue weighted by Gasteiger charge is 2.39. The van der Waals surface area contributed by atoms with E-state index in [-0.39, 0.29) is 100 Å². The van der Waals surface area contributed by atoms with Gasteiger partial charge in [-0.2, -0.15) is 0 Å². The maximum Gasteiger partial charge on any atom is 0.309 e. The van der Waals surface area contributed by atoms with Crippen LogP contribution in [-0.4, -0.2) is 110 Å². The number of nitrogens with one attached hydrogen (secondary N) is 1. The zero-order valence-corrected chi connectivity index (χ0v) is 46.5. The molecule has 0 spiro atoms. The molecule has 2 N–H and O–H groups in total. The van der Waals surface area contributed by atoms with Crippen LogP contribution in [-0.2, 0) is 70.4 Å². The minimum atomic E-state index is -0.957. The number of methoxy groups -OCH3 is 2. The third-order valence-corrected chi connectivity index (χ3v) is 12.1. The molecule has 0 unspecified atom stereocenters. The minimum absolute atomic E-state index is 0. The molecule has 412 valence electrons. The van der Waals surface area contributed by atoms with E-state index in [4.69, 9.17) is 33.5 Å². The Kier molecular flexibility index (Phi) is 34.0. The van der Waals surface area contributed by atoms with Crippen LogP contribution in [0.25, 0.3) is 0 Å². The monoisotopic (exact) mass is 1020 g/mol. The van der Waals surface area contributed by atoms with E-state index in [2.05, 4.69) is 19.2 Å². The average molecular weight is 1020 g/mol. The van der Waals surface area contributed by atoms with Crippen molar-refractivity contribution in [2.24, 2.45) is 35.5 Å². The van der Waals surface area contributed by atoms with Crippen molar-refractivity contribution >= 4 is 35.8 Å². The summed E-state index contributed by atoms with van der Waals surface area (Å²) in [7, 11) is 6.81. The molecule has 0 fully saturated rings. The van der Waals surface area contributed by atoms with Crippen LogP contribution < -0.4 is 5.32 Å². The average Bonchev–Trinajstić information content (AvgIpc) is 3.29. The Hall–Kier alpha value is -4.86. The highest BCUT2D eigenvalue weighted by molar-refractivity contribution is 5.84. The third-order valence-electron chi connectivity index (χ3n) is 12.1. The van der Waals surface area contributed by atoms with Crippen molar-refractivity contribution in [1.29, 1.82) is 0 Å². The standard InChI is InChI=1S/C28H45NO6.C14H29NO3.C14H18O4.CH4/c1-10-20(4)26(23(33-9)17-25(31)35-28(5,6)7)29(8)27(32)22(19(2)3)16-24(30)34-18-21-14-12-11-13-15-21;1-8-10(2)13(15-6)11(17-7)9-12(16)18-14(3,4)5;1-10(2)12(14(16)17)8-13(15)18-9-11-6-4-3-5-7-11;/h11-15,19-20,22-23,26H,10,16-18H2,1-9H3;10-11,13,15H,8-9H2,1-7H3;3-7,10,12H,8-9H2,1-2H3,(H,16,17);1H4/t20-,22-,23+,26-;10-,11+,13-;12-;/m000./s1. The van der Waals surface area contributed by atoms with Crippen molar-refractivity contribution < 1.29 is 62.3 Å². The molecule has 8 atom stereocenters. The van der Waals surface area contributed by atoms with Gasteiger partial charge in [0, 0.05) is 27.3 Å². The number of carbonyl (C=O) groups excluding carboxylic acids is 5. The quantitative estimate of drug-likeness (QED) is 0.0668. The normalized spacial score (nSPS) is 14.7. The molecule has 0 heterocycles. The second-order valence-corrected chi connectivity index (χ2v) is 20.9. The second kappa shape index (κ2) is 35.3. The van der Waals surface area contributed by atoms with Crippen LogP contribution in [0.3, 0.4) is 0 Å². The summed E-state index contributed by atoms with van der Waals surface area (Å²) < 4.78 is 32.5. The van der Waals surface area contributed by atoms with Gasteiger partial charge in [0.1, 0.15) is 24.4 Å². The lowest BCUT2D eigenvalue weighted by Gasteiger charge is -2.39. The first-order valence-corrected chi connectivity index (χ1v) is 25.1. The van der Waals surface area contributed by atoms with Crippen molar-refractivity contribution in [2.45, 2.75) is 192 Å². The Morgan fingerprint density at radius 1 is 0.583 bits per heavy atom. The van der Waals surface area contributed by atoms with Crippen molar-refractivity contribution in [3.63, 3.8) is 0 Å². The van der Waals surface area contributed by atoms with Gasteiger partial charge >= 0.3 is 29.8 Å². The Morgan fingerprint density at radius 3 is 1.28 bits per heavy atom. The molecule has 72 heavy (non-hydrogen) atoms. The Labute approximate surface area is 434 Å². The number of hydrogen-bond acceptors (Lipinski definition) is 13. The van der Waals surface area contributed by atoms with Gasteiger partial charge < -0.3 is 43.7 Å². The highest BCUT2D eigenvalue weighted by atomic mass is 16.6. The topological polar surface area (TPSA) is 193 Å². The molecular formula is C57H96N2O13. The smallest absolute Gasteiger partial charge is 0.309 e. The summed E-state index contributed by atoms with van der Waals surface area (Å²) in [5.74, 6) is -3.47. The van der Waals surface area contributed by atoms with E-state index in [1.165, 1.54) is 0 Å². The van der Waals surface area contributed by atoms with Gasteiger partial charge in [-0.15, -0.1) is 0 Å². The maximum atomic E-state index is 13.6. The van der Waals surface area contributed by atoms with E-state index in [0.717, 1.165) is 24.0 Å². The van der Waals surface area contributed by atoms with Gasteiger partial charge in [-0.3, -0.25) is 28.8 Å². The molecule has 1 amide bonds. The lowest BCUT2D eigenvalue weighted by atomic mass is 9.87. The molecule has 0 saturated heterocycles. The van der Waals surface area contributed by atoms with E-state index in [0.29, 0.717) is 5.92 Å². The number of rotatable bonds is 26. The first kappa shape index (κ1) is 69.2. The zero-order valence-electron chi connectivity index (χ0n) is 46.5. The van der Waals surface area contributed by atoms with Crippen molar-refractivity contribution in [3.05, 3.63) is 71.8 Å². The third kappa shape index (κ3) is 28.4. The van der Waals surface area contributed by atoms with Crippen LogP contribution in [0.15, 0.2) is 60.7 Å². The number of amides is 1. The number of nitrogens with zero attached hydrogens (tertiary/aromatic N) is 1. The second-order valence-electron chi connectivity index (χ2n) is 20.9. The molecule has 0 aliphatic carbocycles. The van der Waals surface area contributed by atoms with Crippen LogP contribution in [0.5, 0.6) is 0 Å². The summed E-state index contributed by atoms with van der Waals surface area (Å²) in [4.78, 5) is 74.8. The van der Waals surface area contributed by atoms with E-state index in [1.807, 2.05) is 137 Å². The number of carbonyl (C=O) groups is 6. The van der Waals surface area contributed by atoms with Crippen LogP contribution in [0.1, 0.15) is 154 Å². The fraction of sp³-hybridized carbons (Fsp3) is 0.684. The number of hydrogen-bond donors (Lipinski definition) is 2. The number of carboxylic acids is 1. The summed E-state index contributed by atoms with van der Waals surface area (Å²) in [6.07, 6.45) is 1.37. The van der Waals surface area contributed by atoms with Gasteiger partial charge in [-0.05, 0) is 83.4 Å².